The van der Waals surface area contributed by atoms with Crippen LogP contribution >= 0.6 is 0 Å². The van der Waals surface area contributed by atoms with Crippen LogP contribution in [-0.2, 0) is 11.2 Å². The molecule has 24 heavy (non-hydrogen) atoms. The van der Waals surface area contributed by atoms with Crippen LogP contribution in [0.1, 0.15) is 49.7 Å². The van der Waals surface area contributed by atoms with Crippen LogP contribution in [0, 0.1) is 0 Å². The van der Waals surface area contributed by atoms with E-state index in [9.17, 15) is 9.90 Å². The summed E-state index contributed by atoms with van der Waals surface area (Å²) >= 11 is 0. The third kappa shape index (κ3) is 5.73. The van der Waals surface area contributed by atoms with Crippen molar-refractivity contribution < 1.29 is 14.6 Å². The minimum Gasteiger partial charge on any atom is -0.494 e. The SMILES string of the molecule is CCCCCCOc1cccc(CC(C(=O)O)c2ccccc2)c1. The van der Waals surface area contributed by atoms with Gasteiger partial charge in [0, 0.05) is 0 Å². The Balaban J connectivity index is 1.98. The van der Waals surface area contributed by atoms with Gasteiger partial charge in [-0.3, -0.25) is 4.79 Å². The summed E-state index contributed by atoms with van der Waals surface area (Å²) in [7, 11) is 0. The molecule has 1 N–H and O–H groups in total. The molecule has 0 aromatic heterocycles. The second-order valence-corrected chi connectivity index (χ2v) is 6.06. The Hall–Kier alpha value is -2.29. The van der Waals surface area contributed by atoms with Crippen molar-refractivity contribution in [3.05, 3.63) is 65.7 Å². The quantitative estimate of drug-likeness (QED) is 0.621. The van der Waals surface area contributed by atoms with Gasteiger partial charge in [-0.25, -0.2) is 0 Å². The first kappa shape index (κ1) is 18.1. The van der Waals surface area contributed by atoms with Gasteiger partial charge in [-0.15, -0.1) is 0 Å². The highest BCUT2D eigenvalue weighted by molar-refractivity contribution is 5.76. The average Bonchev–Trinajstić information content (AvgIpc) is 2.60. The summed E-state index contributed by atoms with van der Waals surface area (Å²) in [6.45, 7) is 2.90. The van der Waals surface area contributed by atoms with E-state index < -0.39 is 11.9 Å². The molecule has 0 bridgehead atoms. The average molecular weight is 326 g/mol. The van der Waals surface area contributed by atoms with Crippen LogP contribution in [-0.4, -0.2) is 17.7 Å². The zero-order valence-electron chi connectivity index (χ0n) is 14.3. The van der Waals surface area contributed by atoms with Crippen molar-refractivity contribution in [3.8, 4) is 5.75 Å². The third-order valence-corrected chi connectivity index (χ3v) is 4.10. The number of hydrogen-bond donors (Lipinski definition) is 1. The predicted octanol–water partition coefficient (Wildman–Crippen LogP) is 5.06. The van der Waals surface area contributed by atoms with E-state index in [1.165, 1.54) is 19.3 Å². The molecule has 0 amide bonds. The minimum absolute atomic E-state index is 0.465. The third-order valence-electron chi connectivity index (χ3n) is 4.10. The molecular weight excluding hydrogens is 300 g/mol. The van der Waals surface area contributed by atoms with Crippen LogP contribution in [0.3, 0.4) is 0 Å². The van der Waals surface area contributed by atoms with Gasteiger partial charge in [0.25, 0.3) is 0 Å². The standard InChI is InChI=1S/C21H26O3/c1-2-3-4-8-14-24-19-13-9-10-17(15-19)16-20(21(22)23)18-11-6-5-7-12-18/h5-7,9-13,15,20H,2-4,8,14,16H2,1H3,(H,22,23). The van der Waals surface area contributed by atoms with Crippen molar-refractivity contribution in [1.82, 2.24) is 0 Å². The summed E-state index contributed by atoms with van der Waals surface area (Å²) in [4.78, 5) is 11.6. The normalized spacial score (nSPS) is 11.9. The molecule has 1 unspecified atom stereocenters. The number of carboxylic acids is 1. The highest BCUT2D eigenvalue weighted by Crippen LogP contribution is 2.23. The lowest BCUT2D eigenvalue weighted by Gasteiger charge is -2.14. The number of carboxylic acid groups (broad SMARTS) is 1. The molecule has 3 nitrogen and oxygen atoms in total. The molecule has 0 radical (unpaired) electrons. The maximum atomic E-state index is 11.6. The Morgan fingerprint density at radius 3 is 2.54 bits per heavy atom. The van der Waals surface area contributed by atoms with Crippen molar-refractivity contribution in [2.24, 2.45) is 0 Å². The lowest BCUT2D eigenvalue weighted by Crippen LogP contribution is -2.14. The Morgan fingerprint density at radius 2 is 1.83 bits per heavy atom. The highest BCUT2D eigenvalue weighted by Gasteiger charge is 2.20. The molecular formula is C21H26O3. The molecule has 3 heteroatoms. The molecule has 128 valence electrons. The van der Waals surface area contributed by atoms with Crippen molar-refractivity contribution in [1.29, 1.82) is 0 Å². The fraction of sp³-hybridized carbons (Fsp3) is 0.381. The monoisotopic (exact) mass is 326 g/mol. The van der Waals surface area contributed by atoms with Gasteiger partial charge < -0.3 is 9.84 Å². The van der Waals surface area contributed by atoms with Crippen LogP contribution in [0.2, 0.25) is 0 Å². The predicted molar refractivity (Wildman–Crippen MR) is 96.6 cm³/mol. The number of rotatable bonds is 10. The van der Waals surface area contributed by atoms with Crippen molar-refractivity contribution in [3.63, 3.8) is 0 Å². The van der Waals surface area contributed by atoms with E-state index in [1.807, 2.05) is 54.6 Å². The molecule has 0 saturated carbocycles. The van der Waals surface area contributed by atoms with Gasteiger partial charge in [0.05, 0.1) is 12.5 Å². The number of unbranched alkanes of at least 4 members (excludes halogenated alkanes) is 3. The number of benzene rings is 2. The molecule has 0 aliphatic rings. The van der Waals surface area contributed by atoms with Crippen molar-refractivity contribution in [2.45, 2.75) is 44.9 Å². The number of ether oxygens (including phenoxy) is 1. The van der Waals surface area contributed by atoms with E-state index in [0.29, 0.717) is 13.0 Å². The molecule has 0 saturated heterocycles. The van der Waals surface area contributed by atoms with E-state index >= 15 is 0 Å². The van der Waals surface area contributed by atoms with Crippen LogP contribution < -0.4 is 4.74 Å². The van der Waals surface area contributed by atoms with E-state index in [-0.39, 0.29) is 0 Å². The van der Waals surface area contributed by atoms with E-state index in [4.69, 9.17) is 4.74 Å². The van der Waals surface area contributed by atoms with Crippen LogP contribution in [0.25, 0.3) is 0 Å². The largest absolute Gasteiger partial charge is 0.494 e. The Kier molecular flexibility index (Phi) is 7.34. The lowest BCUT2D eigenvalue weighted by atomic mass is 9.92. The Labute approximate surface area is 144 Å². The van der Waals surface area contributed by atoms with E-state index in [2.05, 4.69) is 6.92 Å². The summed E-state index contributed by atoms with van der Waals surface area (Å²) in [5.41, 5.74) is 1.81. The Bertz CT molecular complexity index is 622. The van der Waals surface area contributed by atoms with Gasteiger partial charge >= 0.3 is 5.97 Å². The van der Waals surface area contributed by atoms with Crippen molar-refractivity contribution in [2.75, 3.05) is 6.61 Å². The Morgan fingerprint density at radius 1 is 1.04 bits per heavy atom. The summed E-state index contributed by atoms with van der Waals surface area (Å²) in [6.07, 6.45) is 5.16. The van der Waals surface area contributed by atoms with Crippen LogP contribution in [0.15, 0.2) is 54.6 Å². The summed E-state index contributed by atoms with van der Waals surface area (Å²) in [5, 5.41) is 9.55. The molecule has 0 heterocycles. The van der Waals surface area contributed by atoms with E-state index in [0.717, 1.165) is 23.3 Å². The summed E-state index contributed by atoms with van der Waals surface area (Å²) in [6, 6.07) is 17.2. The molecule has 0 fully saturated rings. The van der Waals surface area contributed by atoms with Gasteiger partial charge in [-0.2, -0.15) is 0 Å². The number of carbonyl (C=O) groups is 1. The second kappa shape index (κ2) is 9.76. The number of aliphatic carboxylic acids is 1. The smallest absolute Gasteiger partial charge is 0.311 e. The molecule has 0 aliphatic heterocycles. The highest BCUT2D eigenvalue weighted by atomic mass is 16.5. The lowest BCUT2D eigenvalue weighted by molar-refractivity contribution is -0.138. The molecule has 0 spiro atoms. The first-order valence-electron chi connectivity index (χ1n) is 8.70. The first-order valence-corrected chi connectivity index (χ1v) is 8.70. The maximum Gasteiger partial charge on any atom is 0.311 e. The van der Waals surface area contributed by atoms with Gasteiger partial charge in [0.1, 0.15) is 5.75 Å². The fourth-order valence-corrected chi connectivity index (χ4v) is 2.75. The minimum atomic E-state index is -0.799. The van der Waals surface area contributed by atoms with Gasteiger partial charge in [0.2, 0.25) is 0 Å². The van der Waals surface area contributed by atoms with E-state index in [1.54, 1.807) is 0 Å². The maximum absolute atomic E-state index is 11.6. The van der Waals surface area contributed by atoms with Crippen LogP contribution in [0.5, 0.6) is 5.75 Å². The fourth-order valence-electron chi connectivity index (χ4n) is 2.75. The van der Waals surface area contributed by atoms with Gasteiger partial charge in [-0.05, 0) is 36.1 Å². The zero-order valence-corrected chi connectivity index (χ0v) is 14.3. The molecule has 2 aromatic carbocycles. The first-order chi connectivity index (χ1) is 11.7. The van der Waals surface area contributed by atoms with Crippen LogP contribution in [0.4, 0.5) is 0 Å². The molecule has 0 aliphatic carbocycles. The second-order valence-electron chi connectivity index (χ2n) is 6.06. The van der Waals surface area contributed by atoms with Crippen molar-refractivity contribution >= 4 is 5.97 Å². The number of hydrogen-bond acceptors (Lipinski definition) is 2. The zero-order chi connectivity index (χ0) is 17.2. The molecule has 2 aromatic rings. The molecule has 2 rings (SSSR count). The summed E-state index contributed by atoms with van der Waals surface area (Å²) in [5.74, 6) is -0.515. The van der Waals surface area contributed by atoms with Gasteiger partial charge in [-0.1, -0.05) is 68.7 Å². The summed E-state index contributed by atoms with van der Waals surface area (Å²) < 4.78 is 5.79. The molecule has 1 atom stereocenters. The van der Waals surface area contributed by atoms with Gasteiger partial charge in [0.15, 0.2) is 0 Å². The topological polar surface area (TPSA) is 46.5 Å².